The van der Waals surface area contributed by atoms with Crippen LogP contribution < -0.4 is 5.32 Å². The first-order valence-corrected chi connectivity index (χ1v) is 6.00. The number of carbonyl (C=O) groups excluding carboxylic acids is 1. The molecule has 1 heterocycles. The van der Waals surface area contributed by atoms with Gasteiger partial charge >= 0.3 is 5.97 Å². The molecular formula is C14H20ClNO2. The summed E-state index contributed by atoms with van der Waals surface area (Å²) >= 11 is 0. The van der Waals surface area contributed by atoms with Gasteiger partial charge in [0.05, 0.1) is 7.11 Å². The van der Waals surface area contributed by atoms with E-state index in [4.69, 9.17) is 4.74 Å². The summed E-state index contributed by atoms with van der Waals surface area (Å²) in [7, 11) is 1.46. The van der Waals surface area contributed by atoms with Crippen LogP contribution in [-0.2, 0) is 14.9 Å². The van der Waals surface area contributed by atoms with Gasteiger partial charge in [-0.15, -0.1) is 12.4 Å². The molecule has 1 aliphatic heterocycles. The van der Waals surface area contributed by atoms with E-state index in [2.05, 4.69) is 25.2 Å². The Morgan fingerprint density at radius 2 is 1.94 bits per heavy atom. The standard InChI is InChI=1S/C14H19NO2.ClH/c1-10(2)11-6-4-5-7-12(11)14(8-15-9-14)13(16)17-3;/h4-7,10,15H,8-9H2,1-3H3;1H. The third-order valence-corrected chi connectivity index (χ3v) is 3.53. The van der Waals surface area contributed by atoms with Crippen molar-refractivity contribution >= 4 is 18.4 Å². The van der Waals surface area contributed by atoms with Crippen LogP contribution in [0.4, 0.5) is 0 Å². The van der Waals surface area contributed by atoms with E-state index < -0.39 is 5.41 Å². The summed E-state index contributed by atoms with van der Waals surface area (Å²) in [4.78, 5) is 12.0. The molecule has 3 nitrogen and oxygen atoms in total. The molecule has 4 heteroatoms. The van der Waals surface area contributed by atoms with E-state index in [1.165, 1.54) is 12.7 Å². The van der Waals surface area contributed by atoms with Crippen LogP contribution in [0.15, 0.2) is 24.3 Å². The molecule has 1 aromatic rings. The number of hydrogen-bond acceptors (Lipinski definition) is 3. The molecule has 0 spiro atoms. The van der Waals surface area contributed by atoms with Gasteiger partial charge in [-0.05, 0) is 17.0 Å². The highest BCUT2D eigenvalue weighted by Gasteiger charge is 2.48. The molecule has 1 aromatic carbocycles. The summed E-state index contributed by atoms with van der Waals surface area (Å²) in [6.07, 6.45) is 0. The Bertz CT molecular complexity index is 428. The largest absolute Gasteiger partial charge is 0.468 e. The Morgan fingerprint density at radius 3 is 2.39 bits per heavy atom. The lowest BCUT2D eigenvalue weighted by molar-refractivity contribution is -0.149. The van der Waals surface area contributed by atoms with Gasteiger partial charge in [0.1, 0.15) is 5.41 Å². The molecule has 18 heavy (non-hydrogen) atoms. The predicted octanol–water partition coefficient (Wildman–Crippen LogP) is 2.25. The summed E-state index contributed by atoms with van der Waals surface area (Å²) in [6, 6.07) is 8.16. The van der Waals surface area contributed by atoms with Crippen LogP contribution in [0.3, 0.4) is 0 Å². The quantitative estimate of drug-likeness (QED) is 0.856. The fourth-order valence-corrected chi connectivity index (χ4v) is 2.45. The average molecular weight is 270 g/mol. The van der Waals surface area contributed by atoms with Crippen molar-refractivity contribution in [1.82, 2.24) is 5.32 Å². The monoisotopic (exact) mass is 269 g/mol. The van der Waals surface area contributed by atoms with Crippen molar-refractivity contribution in [2.45, 2.75) is 25.2 Å². The van der Waals surface area contributed by atoms with Crippen LogP contribution in [-0.4, -0.2) is 26.2 Å². The van der Waals surface area contributed by atoms with Crippen molar-refractivity contribution < 1.29 is 9.53 Å². The minimum absolute atomic E-state index is 0. The van der Waals surface area contributed by atoms with Gasteiger partial charge in [-0.1, -0.05) is 38.1 Å². The van der Waals surface area contributed by atoms with Gasteiger partial charge in [0.2, 0.25) is 0 Å². The van der Waals surface area contributed by atoms with Gasteiger partial charge < -0.3 is 10.1 Å². The summed E-state index contributed by atoms with van der Waals surface area (Å²) in [5.41, 5.74) is 1.87. The molecule has 0 amide bonds. The Morgan fingerprint density at radius 1 is 1.33 bits per heavy atom. The smallest absolute Gasteiger partial charge is 0.318 e. The third kappa shape index (κ3) is 2.25. The average Bonchev–Trinajstić information content (AvgIpc) is 2.27. The summed E-state index contributed by atoms with van der Waals surface area (Å²) in [5.74, 6) is 0.276. The van der Waals surface area contributed by atoms with E-state index in [1.54, 1.807) is 0 Å². The third-order valence-electron chi connectivity index (χ3n) is 3.53. The van der Waals surface area contributed by atoms with Gasteiger partial charge in [-0.2, -0.15) is 0 Å². The number of ether oxygens (including phenoxy) is 1. The molecule has 0 aliphatic carbocycles. The number of rotatable bonds is 3. The van der Waals surface area contributed by atoms with Gasteiger partial charge in [0.15, 0.2) is 0 Å². The first kappa shape index (κ1) is 15.0. The first-order chi connectivity index (χ1) is 8.12. The van der Waals surface area contributed by atoms with Crippen LogP contribution in [0.1, 0.15) is 30.9 Å². The lowest BCUT2D eigenvalue weighted by Crippen LogP contribution is -2.62. The van der Waals surface area contributed by atoms with Crippen molar-refractivity contribution in [3.05, 3.63) is 35.4 Å². The second-order valence-electron chi connectivity index (χ2n) is 4.92. The molecular weight excluding hydrogens is 250 g/mol. The Hall–Kier alpha value is -1.06. The van der Waals surface area contributed by atoms with Crippen molar-refractivity contribution in [1.29, 1.82) is 0 Å². The Labute approximate surface area is 114 Å². The van der Waals surface area contributed by atoms with Gasteiger partial charge in [-0.25, -0.2) is 0 Å². The van der Waals surface area contributed by atoms with Crippen LogP contribution in [0.25, 0.3) is 0 Å². The fourth-order valence-electron chi connectivity index (χ4n) is 2.45. The number of halogens is 1. The minimum atomic E-state index is -0.477. The molecule has 0 unspecified atom stereocenters. The molecule has 0 aromatic heterocycles. The van der Waals surface area contributed by atoms with E-state index in [-0.39, 0.29) is 18.4 Å². The summed E-state index contributed by atoms with van der Waals surface area (Å²) < 4.78 is 4.97. The van der Waals surface area contributed by atoms with Crippen LogP contribution >= 0.6 is 12.4 Å². The van der Waals surface area contributed by atoms with Crippen molar-refractivity contribution in [2.75, 3.05) is 20.2 Å². The van der Waals surface area contributed by atoms with Gasteiger partial charge in [0, 0.05) is 13.1 Å². The predicted molar refractivity (Wildman–Crippen MR) is 74.3 cm³/mol. The zero-order chi connectivity index (χ0) is 12.5. The highest BCUT2D eigenvalue weighted by Crippen LogP contribution is 2.35. The molecule has 1 saturated heterocycles. The first-order valence-electron chi connectivity index (χ1n) is 6.00. The van der Waals surface area contributed by atoms with E-state index in [0.717, 1.165) is 5.56 Å². The van der Waals surface area contributed by atoms with Gasteiger partial charge in [-0.3, -0.25) is 4.79 Å². The maximum absolute atomic E-state index is 12.0. The molecule has 0 saturated carbocycles. The van der Waals surface area contributed by atoms with E-state index in [0.29, 0.717) is 19.0 Å². The number of esters is 1. The van der Waals surface area contributed by atoms with Crippen molar-refractivity contribution in [3.8, 4) is 0 Å². The SMILES string of the molecule is COC(=O)C1(c2ccccc2C(C)C)CNC1.Cl. The van der Waals surface area contributed by atoms with Crippen LogP contribution in [0, 0.1) is 0 Å². The van der Waals surface area contributed by atoms with E-state index >= 15 is 0 Å². The second-order valence-corrected chi connectivity index (χ2v) is 4.92. The molecule has 0 bridgehead atoms. The second kappa shape index (κ2) is 5.72. The maximum atomic E-state index is 12.0. The zero-order valence-corrected chi connectivity index (χ0v) is 11.8. The number of nitrogens with one attached hydrogen (secondary N) is 1. The molecule has 2 rings (SSSR count). The number of hydrogen-bond donors (Lipinski definition) is 1. The number of methoxy groups -OCH3 is 1. The highest BCUT2D eigenvalue weighted by atomic mass is 35.5. The lowest BCUT2D eigenvalue weighted by Gasteiger charge is -2.41. The van der Waals surface area contributed by atoms with E-state index in [1.807, 2.05) is 18.2 Å². The maximum Gasteiger partial charge on any atom is 0.318 e. The fraction of sp³-hybridized carbons (Fsp3) is 0.500. The van der Waals surface area contributed by atoms with Crippen LogP contribution in [0.5, 0.6) is 0 Å². The molecule has 1 fully saturated rings. The van der Waals surface area contributed by atoms with E-state index in [9.17, 15) is 4.79 Å². The minimum Gasteiger partial charge on any atom is -0.468 e. The normalized spacial score (nSPS) is 16.7. The van der Waals surface area contributed by atoms with Crippen molar-refractivity contribution in [2.24, 2.45) is 0 Å². The number of carbonyl (C=O) groups is 1. The number of benzene rings is 1. The topological polar surface area (TPSA) is 38.3 Å². The Balaban J connectivity index is 0.00000162. The van der Waals surface area contributed by atoms with Gasteiger partial charge in [0.25, 0.3) is 0 Å². The van der Waals surface area contributed by atoms with Crippen LogP contribution in [0.2, 0.25) is 0 Å². The summed E-state index contributed by atoms with van der Waals surface area (Å²) in [6.45, 7) is 5.64. The molecule has 1 aliphatic rings. The molecule has 0 radical (unpaired) electrons. The summed E-state index contributed by atoms with van der Waals surface area (Å²) in [5, 5.41) is 3.18. The zero-order valence-electron chi connectivity index (χ0n) is 11.0. The molecule has 0 atom stereocenters. The lowest BCUT2D eigenvalue weighted by atomic mass is 9.72. The molecule has 1 N–H and O–H groups in total. The van der Waals surface area contributed by atoms with Crippen molar-refractivity contribution in [3.63, 3.8) is 0 Å². The molecule has 100 valence electrons. The Kier molecular flexibility index (Phi) is 4.77. The highest BCUT2D eigenvalue weighted by molar-refractivity contribution is 5.86.